The molecule has 0 aliphatic carbocycles. The molecule has 1 atom stereocenters. The van der Waals surface area contributed by atoms with E-state index in [2.05, 4.69) is 0 Å². The predicted octanol–water partition coefficient (Wildman–Crippen LogP) is 0.0268. The number of carboxylic acids is 1. The Kier molecular flexibility index (Phi) is 5.01. The second-order valence-electron chi connectivity index (χ2n) is 3.64. The number of hydrogen-bond donors (Lipinski definition) is 4. The Bertz CT molecular complexity index is 445. The van der Waals surface area contributed by atoms with Gasteiger partial charge in [-0.05, 0) is 12.0 Å². The second kappa shape index (κ2) is 6.08. The molecule has 0 saturated heterocycles. The standard InChI is InChI=1S/C10H14NO6P/c12-7-11(18(15,16)17)9(10(13)14)6-8-4-2-1-3-5-8/h1-5,9,12H,6-7H2,(H,13,14)(H2,15,16,17)/t9-/m0/s1. The highest BCUT2D eigenvalue weighted by Crippen LogP contribution is 2.41. The van der Waals surface area contributed by atoms with Crippen LogP contribution < -0.4 is 0 Å². The Labute approximate surface area is 104 Å². The van der Waals surface area contributed by atoms with Crippen LogP contribution in [0.3, 0.4) is 0 Å². The molecule has 0 spiro atoms. The van der Waals surface area contributed by atoms with E-state index in [9.17, 15) is 9.36 Å². The van der Waals surface area contributed by atoms with Crippen molar-refractivity contribution in [3.8, 4) is 0 Å². The summed E-state index contributed by atoms with van der Waals surface area (Å²) in [6, 6.07) is 6.92. The van der Waals surface area contributed by atoms with E-state index in [0.29, 0.717) is 5.56 Å². The van der Waals surface area contributed by atoms with Gasteiger partial charge in [0.1, 0.15) is 12.8 Å². The number of carboxylic acid groups (broad SMARTS) is 1. The van der Waals surface area contributed by atoms with Crippen LogP contribution >= 0.6 is 7.75 Å². The van der Waals surface area contributed by atoms with Gasteiger partial charge >= 0.3 is 13.7 Å². The molecule has 1 aromatic carbocycles. The van der Waals surface area contributed by atoms with Gasteiger partial charge in [-0.2, -0.15) is 4.67 Å². The third kappa shape index (κ3) is 3.90. The lowest BCUT2D eigenvalue weighted by atomic mass is 10.1. The van der Waals surface area contributed by atoms with Crippen LogP contribution in [-0.4, -0.2) is 43.4 Å². The third-order valence-electron chi connectivity index (χ3n) is 2.40. The lowest BCUT2D eigenvalue weighted by Gasteiger charge is -2.26. The van der Waals surface area contributed by atoms with Crippen molar-refractivity contribution in [3.63, 3.8) is 0 Å². The fourth-order valence-corrected chi connectivity index (χ4v) is 2.23. The zero-order valence-electron chi connectivity index (χ0n) is 9.38. The summed E-state index contributed by atoms with van der Waals surface area (Å²) in [5.74, 6) is -1.41. The van der Waals surface area contributed by atoms with Crippen LogP contribution in [0.25, 0.3) is 0 Å². The van der Waals surface area contributed by atoms with Crippen molar-refractivity contribution in [2.45, 2.75) is 12.5 Å². The molecule has 7 nitrogen and oxygen atoms in total. The van der Waals surface area contributed by atoms with Gasteiger partial charge in [0.2, 0.25) is 0 Å². The van der Waals surface area contributed by atoms with Crippen LogP contribution in [0.1, 0.15) is 5.56 Å². The van der Waals surface area contributed by atoms with Crippen molar-refractivity contribution in [1.29, 1.82) is 0 Å². The molecule has 8 heteroatoms. The minimum Gasteiger partial charge on any atom is -0.480 e. The maximum atomic E-state index is 11.1. The van der Waals surface area contributed by atoms with Crippen LogP contribution in [0, 0.1) is 0 Å². The second-order valence-corrected chi connectivity index (χ2v) is 5.18. The maximum absolute atomic E-state index is 11.1. The highest BCUT2D eigenvalue weighted by atomic mass is 31.2. The molecule has 1 aromatic rings. The van der Waals surface area contributed by atoms with Gasteiger partial charge in [0.25, 0.3) is 0 Å². The first kappa shape index (κ1) is 14.8. The minimum absolute atomic E-state index is 0.109. The third-order valence-corrected chi connectivity index (χ3v) is 3.47. The van der Waals surface area contributed by atoms with Crippen LogP contribution in [0.15, 0.2) is 30.3 Å². The van der Waals surface area contributed by atoms with Gasteiger partial charge in [-0.15, -0.1) is 0 Å². The van der Waals surface area contributed by atoms with Gasteiger partial charge in [0.15, 0.2) is 0 Å². The van der Waals surface area contributed by atoms with E-state index in [1.54, 1.807) is 30.3 Å². The number of nitrogens with zero attached hydrogens (tertiary/aromatic N) is 1. The van der Waals surface area contributed by atoms with E-state index in [-0.39, 0.29) is 11.1 Å². The quantitative estimate of drug-likeness (QED) is 0.427. The molecule has 0 bridgehead atoms. The topological polar surface area (TPSA) is 118 Å². The molecule has 0 aliphatic rings. The molecule has 0 aromatic heterocycles. The fourth-order valence-electron chi connectivity index (χ4n) is 1.52. The Morgan fingerprint density at radius 3 is 2.22 bits per heavy atom. The van der Waals surface area contributed by atoms with Gasteiger partial charge < -0.3 is 20.0 Å². The van der Waals surface area contributed by atoms with Crippen molar-refractivity contribution >= 4 is 13.7 Å². The molecule has 4 N–H and O–H groups in total. The molecule has 0 heterocycles. The molecule has 100 valence electrons. The van der Waals surface area contributed by atoms with Crippen molar-refractivity contribution in [2.75, 3.05) is 6.73 Å². The Morgan fingerprint density at radius 2 is 1.83 bits per heavy atom. The van der Waals surface area contributed by atoms with E-state index < -0.39 is 26.5 Å². The lowest BCUT2D eigenvalue weighted by Crippen LogP contribution is -2.41. The molecule has 0 unspecified atom stereocenters. The van der Waals surface area contributed by atoms with Crippen LogP contribution in [0.4, 0.5) is 0 Å². The Balaban J connectivity index is 2.96. The summed E-state index contributed by atoms with van der Waals surface area (Å²) in [6.07, 6.45) is -0.109. The molecule has 0 aliphatic heterocycles. The van der Waals surface area contributed by atoms with Gasteiger partial charge in [-0.25, -0.2) is 4.57 Å². The lowest BCUT2D eigenvalue weighted by molar-refractivity contribution is -0.143. The smallest absolute Gasteiger partial charge is 0.405 e. The number of benzene rings is 1. The molecular formula is C10H14NO6P. The average molecular weight is 275 g/mol. The first-order valence-corrected chi connectivity index (χ1v) is 6.63. The van der Waals surface area contributed by atoms with Gasteiger partial charge in [0.05, 0.1) is 0 Å². The van der Waals surface area contributed by atoms with Crippen LogP contribution in [0.2, 0.25) is 0 Å². The normalized spacial score (nSPS) is 13.6. The SMILES string of the molecule is O=C(O)[C@H](Cc1ccccc1)N(CO)P(=O)(O)O. The summed E-state index contributed by atoms with van der Waals surface area (Å²) in [5.41, 5.74) is 0.608. The summed E-state index contributed by atoms with van der Waals surface area (Å²) in [7, 11) is -4.82. The van der Waals surface area contributed by atoms with E-state index in [0.717, 1.165) is 0 Å². The molecule has 0 radical (unpaired) electrons. The minimum atomic E-state index is -4.82. The summed E-state index contributed by atoms with van der Waals surface area (Å²) in [5, 5.41) is 17.9. The fraction of sp³-hybridized carbons (Fsp3) is 0.300. The van der Waals surface area contributed by atoms with E-state index in [1.807, 2.05) is 0 Å². The monoisotopic (exact) mass is 275 g/mol. The molecular weight excluding hydrogens is 261 g/mol. The first-order valence-electron chi connectivity index (χ1n) is 5.06. The van der Waals surface area contributed by atoms with Crippen molar-refractivity contribution in [2.24, 2.45) is 0 Å². The number of aliphatic hydroxyl groups is 1. The summed E-state index contributed by atoms with van der Waals surface area (Å²) in [6.45, 7) is -1.03. The van der Waals surface area contributed by atoms with E-state index in [4.69, 9.17) is 20.0 Å². The summed E-state index contributed by atoms with van der Waals surface area (Å²) in [4.78, 5) is 29.0. The number of rotatable bonds is 6. The maximum Gasteiger partial charge on any atom is 0.405 e. The Hall–Kier alpha value is -1.24. The molecule has 0 amide bonds. The zero-order valence-corrected chi connectivity index (χ0v) is 10.3. The molecule has 0 fully saturated rings. The van der Waals surface area contributed by atoms with Crippen LogP contribution in [-0.2, 0) is 15.8 Å². The first-order chi connectivity index (χ1) is 8.36. The van der Waals surface area contributed by atoms with Gasteiger partial charge in [-0.1, -0.05) is 30.3 Å². The Morgan fingerprint density at radius 1 is 1.28 bits per heavy atom. The average Bonchev–Trinajstić information content (AvgIpc) is 2.28. The highest BCUT2D eigenvalue weighted by molar-refractivity contribution is 7.49. The predicted molar refractivity (Wildman–Crippen MR) is 62.5 cm³/mol. The molecule has 1 rings (SSSR count). The van der Waals surface area contributed by atoms with Gasteiger partial charge in [-0.3, -0.25) is 4.79 Å². The molecule has 0 saturated carbocycles. The van der Waals surface area contributed by atoms with Crippen molar-refractivity contribution in [3.05, 3.63) is 35.9 Å². The summed E-state index contributed by atoms with van der Waals surface area (Å²) < 4.78 is 11.3. The van der Waals surface area contributed by atoms with E-state index in [1.165, 1.54) is 0 Å². The highest BCUT2D eigenvalue weighted by Gasteiger charge is 2.36. The zero-order chi connectivity index (χ0) is 13.8. The number of hydrogen-bond acceptors (Lipinski definition) is 3. The number of carbonyl (C=O) groups is 1. The number of aliphatic hydroxyl groups excluding tert-OH is 1. The summed E-state index contributed by atoms with van der Waals surface area (Å²) >= 11 is 0. The van der Waals surface area contributed by atoms with Crippen molar-refractivity contribution in [1.82, 2.24) is 4.67 Å². The molecule has 18 heavy (non-hydrogen) atoms. The van der Waals surface area contributed by atoms with Gasteiger partial charge in [0, 0.05) is 0 Å². The van der Waals surface area contributed by atoms with Crippen LogP contribution in [0.5, 0.6) is 0 Å². The van der Waals surface area contributed by atoms with Crippen molar-refractivity contribution < 1.29 is 29.4 Å². The number of aliphatic carboxylic acids is 1. The van der Waals surface area contributed by atoms with E-state index >= 15 is 0 Å². The largest absolute Gasteiger partial charge is 0.480 e.